The van der Waals surface area contributed by atoms with Crippen molar-refractivity contribution in [3.05, 3.63) is 58.1 Å². The number of carbonyl (C=O) groups excluding carboxylic acids is 1. The molecule has 0 saturated heterocycles. The maximum absolute atomic E-state index is 12.1. The number of halogens is 1. The summed E-state index contributed by atoms with van der Waals surface area (Å²) in [6, 6.07) is 13.7. The summed E-state index contributed by atoms with van der Waals surface area (Å²) in [7, 11) is 0. The number of hydrogen-bond donors (Lipinski definition) is 1. The molecule has 1 aliphatic heterocycles. The fraction of sp³-hybridized carbons (Fsp3) is 0.222. The average Bonchev–Trinajstić information content (AvgIpc) is 3.00. The standard InChI is InChI=1S/C18H17BrN2O2S/c1-12-10-14(6-7-15(12)19)23-11-17(22)20-18(24)21-9-8-13-4-2-3-5-16(13)21/h2-7,10H,8-9,11H2,1H3,(H,20,22,24). The molecular weight excluding hydrogens is 388 g/mol. The maximum atomic E-state index is 12.1. The Bertz CT molecular complexity index is 794. The van der Waals surface area contributed by atoms with Gasteiger partial charge in [-0.3, -0.25) is 10.1 Å². The first-order chi connectivity index (χ1) is 11.5. The van der Waals surface area contributed by atoms with Crippen molar-refractivity contribution < 1.29 is 9.53 Å². The van der Waals surface area contributed by atoms with Crippen LogP contribution >= 0.6 is 28.1 Å². The highest BCUT2D eigenvalue weighted by Gasteiger charge is 2.22. The number of anilines is 1. The van der Waals surface area contributed by atoms with E-state index in [1.165, 1.54) is 5.56 Å². The normalized spacial score (nSPS) is 12.7. The fourth-order valence-corrected chi connectivity index (χ4v) is 3.18. The number of fused-ring (bicyclic) bond motifs is 1. The van der Waals surface area contributed by atoms with Crippen LogP contribution in [0.5, 0.6) is 5.75 Å². The number of nitrogens with one attached hydrogen (secondary N) is 1. The largest absolute Gasteiger partial charge is 0.484 e. The lowest BCUT2D eigenvalue weighted by Gasteiger charge is -2.20. The zero-order chi connectivity index (χ0) is 17.1. The molecule has 0 aromatic heterocycles. The molecule has 1 amide bonds. The van der Waals surface area contributed by atoms with Gasteiger partial charge >= 0.3 is 0 Å². The molecule has 1 aliphatic rings. The third-order valence-corrected chi connectivity index (χ3v) is 5.09. The summed E-state index contributed by atoms with van der Waals surface area (Å²) < 4.78 is 6.53. The number of ether oxygens (including phenoxy) is 1. The predicted molar refractivity (Wildman–Crippen MR) is 103 cm³/mol. The van der Waals surface area contributed by atoms with Crippen LogP contribution in [0.3, 0.4) is 0 Å². The van der Waals surface area contributed by atoms with Crippen LogP contribution in [-0.2, 0) is 11.2 Å². The second kappa shape index (κ2) is 7.32. The minimum atomic E-state index is -0.259. The first kappa shape index (κ1) is 16.9. The van der Waals surface area contributed by atoms with Gasteiger partial charge in [0.2, 0.25) is 0 Å². The molecule has 0 aliphatic carbocycles. The predicted octanol–water partition coefficient (Wildman–Crippen LogP) is 3.60. The quantitative estimate of drug-likeness (QED) is 0.793. The second-order valence-electron chi connectivity index (χ2n) is 5.58. The van der Waals surface area contributed by atoms with Crippen LogP contribution in [0.4, 0.5) is 5.69 Å². The van der Waals surface area contributed by atoms with Gasteiger partial charge in [-0.05, 0) is 61.0 Å². The fourth-order valence-electron chi connectivity index (χ4n) is 2.63. The molecule has 1 N–H and O–H groups in total. The first-order valence-corrected chi connectivity index (χ1v) is 8.83. The molecule has 6 heteroatoms. The van der Waals surface area contributed by atoms with Gasteiger partial charge < -0.3 is 9.64 Å². The van der Waals surface area contributed by atoms with Crippen LogP contribution in [0.15, 0.2) is 46.9 Å². The lowest BCUT2D eigenvalue weighted by atomic mass is 10.2. The molecule has 0 atom stereocenters. The average molecular weight is 405 g/mol. The monoisotopic (exact) mass is 404 g/mol. The van der Waals surface area contributed by atoms with Gasteiger partial charge in [0, 0.05) is 16.7 Å². The smallest absolute Gasteiger partial charge is 0.264 e. The van der Waals surface area contributed by atoms with E-state index in [0.717, 1.165) is 28.7 Å². The Morgan fingerprint density at radius 3 is 2.92 bits per heavy atom. The summed E-state index contributed by atoms with van der Waals surface area (Å²) in [6.07, 6.45) is 0.931. The van der Waals surface area contributed by atoms with Crippen molar-refractivity contribution in [1.82, 2.24) is 5.32 Å². The van der Waals surface area contributed by atoms with Crippen LogP contribution in [0.2, 0.25) is 0 Å². The molecule has 1 heterocycles. The maximum Gasteiger partial charge on any atom is 0.264 e. The summed E-state index contributed by atoms with van der Waals surface area (Å²) in [4.78, 5) is 14.0. The topological polar surface area (TPSA) is 41.6 Å². The van der Waals surface area contributed by atoms with Crippen molar-refractivity contribution in [2.45, 2.75) is 13.3 Å². The molecule has 2 aromatic rings. The zero-order valence-electron chi connectivity index (χ0n) is 13.2. The van der Waals surface area contributed by atoms with Crippen molar-refractivity contribution >= 4 is 44.9 Å². The van der Waals surface area contributed by atoms with Crippen molar-refractivity contribution in [2.75, 3.05) is 18.1 Å². The number of para-hydroxylation sites is 1. The summed E-state index contributed by atoms with van der Waals surface area (Å²) in [5.41, 5.74) is 3.36. The second-order valence-corrected chi connectivity index (χ2v) is 6.82. The van der Waals surface area contributed by atoms with Gasteiger partial charge in [0.15, 0.2) is 11.7 Å². The van der Waals surface area contributed by atoms with Gasteiger partial charge in [0.05, 0.1) is 0 Å². The summed E-state index contributed by atoms with van der Waals surface area (Å²) >= 11 is 8.80. The highest BCUT2D eigenvalue weighted by Crippen LogP contribution is 2.27. The molecule has 0 spiro atoms. The summed E-state index contributed by atoms with van der Waals surface area (Å²) in [5.74, 6) is 0.397. The first-order valence-electron chi connectivity index (χ1n) is 7.63. The Morgan fingerprint density at radius 1 is 1.33 bits per heavy atom. The SMILES string of the molecule is Cc1cc(OCC(=O)NC(=S)N2CCc3ccccc32)ccc1Br. The highest BCUT2D eigenvalue weighted by atomic mass is 79.9. The van der Waals surface area contributed by atoms with Crippen molar-refractivity contribution in [3.8, 4) is 5.75 Å². The number of aryl methyl sites for hydroxylation is 1. The van der Waals surface area contributed by atoms with Gasteiger partial charge in [-0.1, -0.05) is 34.1 Å². The molecule has 0 bridgehead atoms. The number of thiocarbonyl (C=S) groups is 1. The Balaban J connectivity index is 1.55. The van der Waals surface area contributed by atoms with E-state index in [1.807, 2.05) is 48.2 Å². The minimum absolute atomic E-state index is 0.0727. The molecular formula is C18H17BrN2O2S. The van der Waals surface area contributed by atoms with Crippen molar-refractivity contribution in [2.24, 2.45) is 0 Å². The van der Waals surface area contributed by atoms with Gasteiger partial charge in [0.1, 0.15) is 5.75 Å². The van der Waals surface area contributed by atoms with Crippen LogP contribution in [0, 0.1) is 6.92 Å². The van der Waals surface area contributed by atoms with Gasteiger partial charge in [0.25, 0.3) is 5.91 Å². The Kier molecular flexibility index (Phi) is 5.16. The van der Waals surface area contributed by atoms with E-state index >= 15 is 0 Å². The van der Waals surface area contributed by atoms with Crippen LogP contribution in [-0.4, -0.2) is 24.2 Å². The molecule has 24 heavy (non-hydrogen) atoms. The molecule has 0 saturated carbocycles. The lowest BCUT2D eigenvalue weighted by molar-refractivity contribution is -0.121. The summed E-state index contributed by atoms with van der Waals surface area (Å²) in [5, 5.41) is 3.16. The van der Waals surface area contributed by atoms with Crippen molar-refractivity contribution in [1.29, 1.82) is 0 Å². The van der Waals surface area contributed by atoms with Gasteiger partial charge in [-0.25, -0.2) is 0 Å². The van der Waals surface area contributed by atoms with Crippen LogP contribution in [0.1, 0.15) is 11.1 Å². The third-order valence-electron chi connectivity index (χ3n) is 3.88. The molecule has 0 radical (unpaired) electrons. The van der Waals surface area contributed by atoms with E-state index < -0.39 is 0 Å². The van der Waals surface area contributed by atoms with E-state index in [1.54, 1.807) is 0 Å². The molecule has 0 unspecified atom stereocenters. The Labute approximate surface area is 154 Å². The van der Waals surface area contributed by atoms with E-state index in [4.69, 9.17) is 17.0 Å². The number of carbonyl (C=O) groups is 1. The molecule has 3 rings (SSSR count). The molecule has 124 valence electrons. The zero-order valence-corrected chi connectivity index (χ0v) is 15.6. The number of nitrogens with zero attached hydrogens (tertiary/aromatic N) is 1. The van der Waals surface area contributed by atoms with Crippen molar-refractivity contribution in [3.63, 3.8) is 0 Å². The molecule has 2 aromatic carbocycles. The molecule has 4 nitrogen and oxygen atoms in total. The Hall–Kier alpha value is -1.92. The highest BCUT2D eigenvalue weighted by molar-refractivity contribution is 9.10. The number of amides is 1. The van der Waals surface area contributed by atoms with Crippen LogP contribution < -0.4 is 15.0 Å². The van der Waals surface area contributed by atoms with E-state index in [-0.39, 0.29) is 12.5 Å². The Morgan fingerprint density at radius 2 is 2.12 bits per heavy atom. The third kappa shape index (κ3) is 3.76. The molecule has 0 fully saturated rings. The van der Waals surface area contributed by atoms with Gasteiger partial charge in [-0.15, -0.1) is 0 Å². The number of hydrogen-bond acceptors (Lipinski definition) is 3. The number of benzene rings is 2. The van der Waals surface area contributed by atoms with E-state index in [0.29, 0.717) is 10.9 Å². The van der Waals surface area contributed by atoms with E-state index in [9.17, 15) is 4.79 Å². The van der Waals surface area contributed by atoms with Gasteiger partial charge in [-0.2, -0.15) is 0 Å². The summed E-state index contributed by atoms with van der Waals surface area (Å²) in [6.45, 7) is 2.68. The number of rotatable bonds is 3. The van der Waals surface area contributed by atoms with E-state index in [2.05, 4.69) is 27.3 Å². The lowest BCUT2D eigenvalue weighted by Crippen LogP contribution is -2.43. The minimum Gasteiger partial charge on any atom is -0.484 e. The van der Waals surface area contributed by atoms with Crippen LogP contribution in [0.25, 0.3) is 0 Å².